The zero-order valence-electron chi connectivity index (χ0n) is 11.8. The summed E-state index contributed by atoms with van der Waals surface area (Å²) in [6, 6.07) is 17.0. The molecule has 0 spiro atoms. The summed E-state index contributed by atoms with van der Waals surface area (Å²) < 4.78 is 25.5. The van der Waals surface area contributed by atoms with Crippen LogP contribution >= 0.6 is 0 Å². The molecule has 0 aliphatic rings. The van der Waals surface area contributed by atoms with Gasteiger partial charge in [-0.3, -0.25) is 4.90 Å². The van der Waals surface area contributed by atoms with Gasteiger partial charge in [0.15, 0.2) is 0 Å². The van der Waals surface area contributed by atoms with E-state index < -0.39 is 6.43 Å². The molecule has 2 aromatic rings. The molecule has 2 aromatic carbocycles. The van der Waals surface area contributed by atoms with Crippen LogP contribution in [0.1, 0.15) is 16.7 Å². The van der Waals surface area contributed by atoms with E-state index in [1.807, 2.05) is 54.6 Å². The Bertz CT molecular complexity index is 528. The lowest BCUT2D eigenvalue weighted by atomic mass is 10.1. The number of hydrogen-bond acceptors (Lipinski definition) is 2. The lowest BCUT2D eigenvalue weighted by Gasteiger charge is -2.22. The van der Waals surface area contributed by atoms with Gasteiger partial charge in [-0.15, -0.1) is 0 Å². The highest BCUT2D eigenvalue weighted by Gasteiger charge is 2.13. The molecule has 112 valence electrons. The highest BCUT2D eigenvalue weighted by Crippen LogP contribution is 2.13. The number of aliphatic hydroxyl groups excluding tert-OH is 1. The summed E-state index contributed by atoms with van der Waals surface area (Å²) in [6.45, 7) is 0.694. The Morgan fingerprint density at radius 2 is 1.33 bits per heavy atom. The third kappa shape index (κ3) is 5.25. The Kier molecular flexibility index (Phi) is 5.84. The zero-order chi connectivity index (χ0) is 15.1. The van der Waals surface area contributed by atoms with Crippen LogP contribution in [-0.2, 0) is 19.7 Å². The van der Waals surface area contributed by atoms with Gasteiger partial charge in [-0.2, -0.15) is 0 Å². The molecule has 2 rings (SSSR count). The quantitative estimate of drug-likeness (QED) is 0.844. The minimum absolute atomic E-state index is 0.00889. The maximum atomic E-state index is 12.7. The first kappa shape index (κ1) is 15.6. The Balaban J connectivity index is 2.04. The topological polar surface area (TPSA) is 23.5 Å². The van der Waals surface area contributed by atoms with Crippen molar-refractivity contribution in [1.82, 2.24) is 4.90 Å². The van der Waals surface area contributed by atoms with Crippen molar-refractivity contribution in [3.63, 3.8) is 0 Å². The van der Waals surface area contributed by atoms with Crippen LogP contribution in [0.15, 0.2) is 54.6 Å². The van der Waals surface area contributed by atoms with E-state index >= 15 is 0 Å². The van der Waals surface area contributed by atoms with Crippen molar-refractivity contribution in [3.8, 4) is 0 Å². The number of aliphatic hydroxyl groups is 1. The van der Waals surface area contributed by atoms with Gasteiger partial charge in [0.2, 0.25) is 0 Å². The van der Waals surface area contributed by atoms with Gasteiger partial charge in [0.1, 0.15) is 0 Å². The lowest BCUT2D eigenvalue weighted by Crippen LogP contribution is -2.28. The van der Waals surface area contributed by atoms with Crippen LogP contribution in [0.4, 0.5) is 8.78 Å². The van der Waals surface area contributed by atoms with E-state index in [0.717, 1.165) is 16.7 Å². The van der Waals surface area contributed by atoms with Crippen LogP contribution in [0, 0.1) is 0 Å². The van der Waals surface area contributed by atoms with E-state index in [1.54, 1.807) is 4.90 Å². The smallest absolute Gasteiger partial charge is 0.251 e. The van der Waals surface area contributed by atoms with Crippen LogP contribution in [0.5, 0.6) is 0 Å². The van der Waals surface area contributed by atoms with Gasteiger partial charge in [-0.25, -0.2) is 8.78 Å². The van der Waals surface area contributed by atoms with Crippen molar-refractivity contribution in [3.05, 3.63) is 71.3 Å². The minimum Gasteiger partial charge on any atom is -0.392 e. The van der Waals surface area contributed by atoms with Gasteiger partial charge in [-0.1, -0.05) is 54.6 Å². The maximum absolute atomic E-state index is 12.7. The number of hydrogen-bond donors (Lipinski definition) is 1. The molecule has 0 bridgehead atoms. The standard InChI is InChI=1S/C17H19F2NO/c18-17(19)12-20(10-14-4-2-1-3-5-14)11-15-6-8-16(13-21)9-7-15/h1-9,17,21H,10-13H2. The third-order valence-corrected chi connectivity index (χ3v) is 3.26. The van der Waals surface area contributed by atoms with E-state index in [4.69, 9.17) is 5.11 Å². The highest BCUT2D eigenvalue weighted by molar-refractivity contribution is 5.22. The van der Waals surface area contributed by atoms with Gasteiger partial charge < -0.3 is 5.11 Å². The largest absolute Gasteiger partial charge is 0.392 e. The van der Waals surface area contributed by atoms with E-state index in [-0.39, 0.29) is 13.2 Å². The number of halogens is 2. The number of nitrogens with zero attached hydrogens (tertiary/aromatic N) is 1. The van der Waals surface area contributed by atoms with Gasteiger partial charge in [0.05, 0.1) is 13.2 Å². The van der Waals surface area contributed by atoms with Crippen molar-refractivity contribution in [1.29, 1.82) is 0 Å². The molecule has 4 heteroatoms. The first-order valence-electron chi connectivity index (χ1n) is 6.90. The van der Waals surface area contributed by atoms with E-state index in [2.05, 4.69) is 0 Å². The second kappa shape index (κ2) is 7.86. The van der Waals surface area contributed by atoms with Crippen molar-refractivity contribution in [2.45, 2.75) is 26.1 Å². The minimum atomic E-state index is -2.36. The van der Waals surface area contributed by atoms with Crippen LogP contribution in [0.2, 0.25) is 0 Å². The normalized spacial score (nSPS) is 11.3. The maximum Gasteiger partial charge on any atom is 0.251 e. The first-order valence-corrected chi connectivity index (χ1v) is 6.90. The van der Waals surface area contributed by atoms with Crippen LogP contribution in [0.25, 0.3) is 0 Å². The lowest BCUT2D eigenvalue weighted by molar-refractivity contribution is 0.0809. The SMILES string of the molecule is OCc1ccc(CN(Cc2ccccc2)CC(F)F)cc1. The summed E-state index contributed by atoms with van der Waals surface area (Å²) in [5.41, 5.74) is 2.80. The Hall–Kier alpha value is -1.78. The van der Waals surface area contributed by atoms with Crippen LogP contribution < -0.4 is 0 Å². The fraction of sp³-hybridized carbons (Fsp3) is 0.294. The average Bonchev–Trinajstić information content (AvgIpc) is 2.48. The van der Waals surface area contributed by atoms with Crippen molar-refractivity contribution in [2.24, 2.45) is 0 Å². The predicted octanol–water partition coefficient (Wildman–Crippen LogP) is 3.45. The molecule has 2 nitrogen and oxygen atoms in total. The second-order valence-corrected chi connectivity index (χ2v) is 5.02. The molecule has 0 radical (unpaired) electrons. The molecule has 0 fully saturated rings. The molecule has 0 heterocycles. The van der Waals surface area contributed by atoms with Gasteiger partial charge in [0, 0.05) is 13.1 Å². The molecule has 0 amide bonds. The van der Waals surface area contributed by atoms with Crippen LogP contribution in [-0.4, -0.2) is 23.0 Å². The molecule has 0 saturated heterocycles. The first-order chi connectivity index (χ1) is 10.2. The van der Waals surface area contributed by atoms with E-state index in [0.29, 0.717) is 13.1 Å². The van der Waals surface area contributed by atoms with E-state index in [9.17, 15) is 8.78 Å². The van der Waals surface area contributed by atoms with Crippen LogP contribution in [0.3, 0.4) is 0 Å². The highest BCUT2D eigenvalue weighted by atomic mass is 19.3. The molecule has 0 saturated carbocycles. The summed E-state index contributed by atoms with van der Waals surface area (Å²) in [7, 11) is 0. The summed E-state index contributed by atoms with van der Waals surface area (Å²) >= 11 is 0. The number of alkyl halides is 2. The average molecular weight is 291 g/mol. The van der Waals surface area contributed by atoms with Crippen molar-refractivity contribution < 1.29 is 13.9 Å². The number of rotatable bonds is 7. The molecular weight excluding hydrogens is 272 g/mol. The number of benzene rings is 2. The van der Waals surface area contributed by atoms with E-state index in [1.165, 1.54) is 0 Å². The fourth-order valence-corrected chi connectivity index (χ4v) is 2.23. The predicted molar refractivity (Wildman–Crippen MR) is 78.9 cm³/mol. The van der Waals surface area contributed by atoms with Gasteiger partial charge in [0.25, 0.3) is 6.43 Å². The molecule has 0 aliphatic heterocycles. The monoisotopic (exact) mass is 291 g/mol. The molecule has 0 aromatic heterocycles. The summed E-state index contributed by atoms with van der Waals surface area (Å²) in [4.78, 5) is 1.73. The van der Waals surface area contributed by atoms with Gasteiger partial charge >= 0.3 is 0 Å². The molecule has 0 unspecified atom stereocenters. The van der Waals surface area contributed by atoms with Gasteiger partial charge in [-0.05, 0) is 16.7 Å². The molecular formula is C17H19F2NO. The summed E-state index contributed by atoms with van der Waals surface area (Å²) in [6.07, 6.45) is -2.36. The summed E-state index contributed by atoms with van der Waals surface area (Å²) in [5, 5.41) is 9.01. The molecule has 21 heavy (non-hydrogen) atoms. The fourth-order valence-electron chi connectivity index (χ4n) is 2.23. The Morgan fingerprint density at radius 1 is 0.810 bits per heavy atom. The second-order valence-electron chi connectivity index (χ2n) is 5.02. The molecule has 0 atom stereocenters. The Morgan fingerprint density at radius 3 is 1.86 bits per heavy atom. The van der Waals surface area contributed by atoms with Crippen molar-refractivity contribution in [2.75, 3.05) is 6.54 Å². The zero-order valence-corrected chi connectivity index (χ0v) is 11.8. The third-order valence-electron chi connectivity index (χ3n) is 3.26. The molecule has 0 aliphatic carbocycles. The van der Waals surface area contributed by atoms with Crippen molar-refractivity contribution >= 4 is 0 Å². The summed E-state index contributed by atoms with van der Waals surface area (Å²) in [5.74, 6) is 0. The Labute approximate surface area is 123 Å². The molecule has 1 N–H and O–H groups in total.